The first-order valence-corrected chi connectivity index (χ1v) is 7.31. The largest absolute Gasteiger partial charge is 0.330 e. The fraction of sp³-hybridized carbons (Fsp3) is 0.231. The van der Waals surface area contributed by atoms with Gasteiger partial charge in [-0.15, -0.1) is 0 Å². The van der Waals surface area contributed by atoms with Gasteiger partial charge in [-0.2, -0.15) is 0 Å². The van der Waals surface area contributed by atoms with Crippen LogP contribution in [0.4, 0.5) is 0 Å². The Balaban J connectivity index is 2.41. The summed E-state index contributed by atoms with van der Waals surface area (Å²) in [7, 11) is -3.46. The van der Waals surface area contributed by atoms with E-state index in [0.717, 1.165) is 10.8 Å². The number of fused-ring (bicyclic) bond motifs is 1. The quantitative estimate of drug-likeness (QED) is 0.803. The van der Waals surface area contributed by atoms with Crippen molar-refractivity contribution in [1.29, 1.82) is 0 Å². The summed E-state index contributed by atoms with van der Waals surface area (Å²) in [5.41, 5.74) is 5.35. The van der Waals surface area contributed by atoms with Crippen LogP contribution in [0.25, 0.3) is 10.8 Å². The zero-order valence-electron chi connectivity index (χ0n) is 9.96. The third-order valence-electron chi connectivity index (χ3n) is 2.71. The highest BCUT2D eigenvalue weighted by atomic mass is 32.2. The predicted octanol–water partition coefficient (Wildman–Crippen LogP) is 1.47. The first-order chi connectivity index (χ1) is 8.65. The van der Waals surface area contributed by atoms with Gasteiger partial charge in [-0.3, -0.25) is 0 Å². The van der Waals surface area contributed by atoms with E-state index in [0.29, 0.717) is 24.4 Å². The molecule has 0 aromatic heterocycles. The highest BCUT2D eigenvalue weighted by Gasteiger charge is 2.15. The molecule has 2 aromatic rings. The normalized spacial score (nSPS) is 11.8. The molecule has 0 saturated carbocycles. The Labute approximate surface area is 107 Å². The van der Waals surface area contributed by atoms with Crippen molar-refractivity contribution in [3.63, 3.8) is 0 Å². The monoisotopic (exact) mass is 264 g/mol. The molecule has 0 bridgehead atoms. The Morgan fingerprint density at radius 1 is 1.06 bits per heavy atom. The molecule has 0 aliphatic rings. The lowest BCUT2D eigenvalue weighted by molar-refractivity contribution is 0.580. The summed E-state index contributed by atoms with van der Waals surface area (Å²) in [6.07, 6.45) is 0.629. The van der Waals surface area contributed by atoms with Crippen LogP contribution >= 0.6 is 0 Å². The molecule has 96 valence electrons. The molecular weight excluding hydrogens is 248 g/mol. The first-order valence-electron chi connectivity index (χ1n) is 5.82. The third kappa shape index (κ3) is 2.69. The van der Waals surface area contributed by atoms with Crippen LogP contribution in [0.3, 0.4) is 0 Å². The zero-order chi connectivity index (χ0) is 13.0. The Hall–Kier alpha value is -1.43. The second kappa shape index (κ2) is 5.48. The standard InChI is InChI=1S/C13H16N2O2S/c14-9-4-10-15-18(16,17)13-8-3-6-11-5-1-2-7-12(11)13/h1-3,5-8,15H,4,9-10,14H2. The van der Waals surface area contributed by atoms with Gasteiger partial charge in [0.1, 0.15) is 0 Å². The molecule has 18 heavy (non-hydrogen) atoms. The second-order valence-corrected chi connectivity index (χ2v) is 5.75. The number of nitrogens with two attached hydrogens (primary N) is 1. The van der Waals surface area contributed by atoms with Crippen molar-refractivity contribution in [3.05, 3.63) is 42.5 Å². The van der Waals surface area contributed by atoms with Crippen molar-refractivity contribution in [2.45, 2.75) is 11.3 Å². The molecule has 0 heterocycles. The summed E-state index contributed by atoms with van der Waals surface area (Å²) in [6, 6.07) is 12.7. The molecule has 4 nitrogen and oxygen atoms in total. The molecule has 0 aliphatic carbocycles. The van der Waals surface area contributed by atoms with E-state index in [1.807, 2.05) is 30.3 Å². The van der Waals surface area contributed by atoms with Gasteiger partial charge in [-0.25, -0.2) is 13.1 Å². The molecule has 0 amide bonds. The minimum absolute atomic E-state index is 0.317. The average Bonchev–Trinajstić information content (AvgIpc) is 2.38. The van der Waals surface area contributed by atoms with E-state index in [-0.39, 0.29) is 0 Å². The third-order valence-corrected chi connectivity index (χ3v) is 4.23. The van der Waals surface area contributed by atoms with Gasteiger partial charge in [0.25, 0.3) is 0 Å². The minimum atomic E-state index is -3.46. The molecule has 0 aliphatic heterocycles. The van der Waals surface area contributed by atoms with Crippen LogP contribution in [0.2, 0.25) is 0 Å². The lowest BCUT2D eigenvalue weighted by Crippen LogP contribution is -2.26. The van der Waals surface area contributed by atoms with Crippen LogP contribution in [0.15, 0.2) is 47.4 Å². The number of sulfonamides is 1. The van der Waals surface area contributed by atoms with Crippen molar-refractivity contribution in [2.75, 3.05) is 13.1 Å². The molecule has 0 spiro atoms. The summed E-state index contributed by atoms with van der Waals surface area (Å²) in [5, 5.41) is 1.65. The lowest BCUT2D eigenvalue weighted by atomic mass is 10.1. The number of nitrogens with one attached hydrogen (secondary N) is 1. The van der Waals surface area contributed by atoms with Gasteiger partial charge < -0.3 is 5.73 Å². The van der Waals surface area contributed by atoms with Gasteiger partial charge in [0.15, 0.2) is 0 Å². The minimum Gasteiger partial charge on any atom is -0.330 e. The Morgan fingerprint density at radius 3 is 2.56 bits per heavy atom. The molecule has 0 atom stereocenters. The molecule has 0 unspecified atom stereocenters. The Bertz CT molecular complexity index is 633. The van der Waals surface area contributed by atoms with E-state index in [2.05, 4.69) is 4.72 Å². The lowest BCUT2D eigenvalue weighted by Gasteiger charge is -2.09. The fourth-order valence-corrected chi connectivity index (χ4v) is 3.12. The summed E-state index contributed by atoms with van der Waals surface area (Å²) in [4.78, 5) is 0.317. The molecular formula is C13H16N2O2S. The number of rotatable bonds is 5. The summed E-state index contributed by atoms with van der Waals surface area (Å²) in [5.74, 6) is 0. The van der Waals surface area contributed by atoms with Crippen LogP contribution in [0.1, 0.15) is 6.42 Å². The van der Waals surface area contributed by atoms with Crippen molar-refractivity contribution in [1.82, 2.24) is 4.72 Å². The zero-order valence-corrected chi connectivity index (χ0v) is 10.8. The topological polar surface area (TPSA) is 72.2 Å². The van der Waals surface area contributed by atoms with Crippen LogP contribution in [0.5, 0.6) is 0 Å². The fourth-order valence-electron chi connectivity index (χ4n) is 1.82. The smallest absolute Gasteiger partial charge is 0.241 e. The second-order valence-electron chi connectivity index (χ2n) is 4.02. The van der Waals surface area contributed by atoms with E-state index in [4.69, 9.17) is 5.73 Å². The predicted molar refractivity (Wildman–Crippen MR) is 72.8 cm³/mol. The molecule has 0 saturated heterocycles. The maximum Gasteiger partial charge on any atom is 0.241 e. The molecule has 0 fully saturated rings. The molecule has 2 aromatic carbocycles. The van der Waals surface area contributed by atoms with Crippen molar-refractivity contribution >= 4 is 20.8 Å². The maximum atomic E-state index is 12.2. The van der Waals surface area contributed by atoms with Gasteiger partial charge in [0.2, 0.25) is 10.0 Å². The van der Waals surface area contributed by atoms with Gasteiger partial charge in [-0.1, -0.05) is 36.4 Å². The van der Waals surface area contributed by atoms with Gasteiger partial charge in [0.05, 0.1) is 4.90 Å². The van der Waals surface area contributed by atoms with Crippen LogP contribution < -0.4 is 10.5 Å². The summed E-state index contributed by atoms with van der Waals surface area (Å²) >= 11 is 0. The van der Waals surface area contributed by atoms with Crippen molar-refractivity contribution in [3.8, 4) is 0 Å². The maximum absolute atomic E-state index is 12.2. The average molecular weight is 264 g/mol. The highest BCUT2D eigenvalue weighted by Crippen LogP contribution is 2.22. The number of benzene rings is 2. The Morgan fingerprint density at radius 2 is 1.78 bits per heavy atom. The van der Waals surface area contributed by atoms with Gasteiger partial charge in [-0.05, 0) is 24.4 Å². The molecule has 3 N–H and O–H groups in total. The molecule has 5 heteroatoms. The van der Waals surface area contributed by atoms with Crippen molar-refractivity contribution < 1.29 is 8.42 Å². The summed E-state index contributed by atoms with van der Waals surface area (Å²) in [6.45, 7) is 0.833. The SMILES string of the molecule is NCCCNS(=O)(=O)c1cccc2ccccc12. The number of hydrogen-bond acceptors (Lipinski definition) is 3. The van der Waals surface area contributed by atoms with Gasteiger partial charge in [0, 0.05) is 11.9 Å². The Kier molecular flexibility index (Phi) is 3.96. The highest BCUT2D eigenvalue weighted by molar-refractivity contribution is 7.89. The molecule has 0 radical (unpaired) electrons. The number of hydrogen-bond donors (Lipinski definition) is 2. The van der Waals surface area contributed by atoms with E-state index < -0.39 is 10.0 Å². The summed E-state index contributed by atoms with van der Waals surface area (Å²) < 4.78 is 26.9. The van der Waals surface area contributed by atoms with E-state index in [1.165, 1.54) is 0 Å². The van der Waals surface area contributed by atoms with E-state index >= 15 is 0 Å². The van der Waals surface area contributed by atoms with Crippen LogP contribution in [-0.2, 0) is 10.0 Å². The van der Waals surface area contributed by atoms with E-state index in [1.54, 1.807) is 12.1 Å². The first kappa shape index (κ1) is 13.0. The van der Waals surface area contributed by atoms with Gasteiger partial charge >= 0.3 is 0 Å². The van der Waals surface area contributed by atoms with Crippen LogP contribution in [-0.4, -0.2) is 21.5 Å². The van der Waals surface area contributed by atoms with E-state index in [9.17, 15) is 8.42 Å². The molecule has 2 rings (SSSR count). The van der Waals surface area contributed by atoms with Crippen LogP contribution in [0, 0.1) is 0 Å². The van der Waals surface area contributed by atoms with Crippen molar-refractivity contribution in [2.24, 2.45) is 5.73 Å².